The fourth-order valence-corrected chi connectivity index (χ4v) is 19.5. The minimum Gasteiger partial charge on any atom is -0.158 e. The molecule has 0 N–H and O–H groups in total. The Kier molecular flexibility index (Phi) is 8.28. The molecule has 1 nitrogen and oxygen atoms in total. The Morgan fingerprint density at radius 2 is 0.875 bits per heavy atom. The van der Waals surface area contributed by atoms with Crippen LogP contribution in [-0.2, 0) is 0 Å². The van der Waals surface area contributed by atoms with Gasteiger partial charge < -0.3 is 0 Å². The van der Waals surface area contributed by atoms with E-state index in [1.807, 2.05) is 0 Å². The molecule has 4 aromatic rings. The summed E-state index contributed by atoms with van der Waals surface area (Å²) in [5.74, 6) is 0. The second-order valence-corrected chi connectivity index (χ2v) is 19.1. The highest BCUT2D eigenvalue weighted by atomic mass is 31.2. The SMILES string of the molecule is [CH2-][P+]1(N(CCCC)[P+]2([CH2-])[C@H](c3ccccc3)C[C@H]2c2ccccc2)[C@H](c2ccccc2)CC[C@H]1c1ccccc1. The molecule has 2 aliphatic rings. The molecule has 0 amide bonds. The van der Waals surface area contributed by atoms with Gasteiger partial charge in [0.15, 0.2) is 0 Å². The quantitative estimate of drug-likeness (QED) is 0.145. The Labute approximate surface area is 243 Å². The normalized spacial score (nSPS) is 25.0. The molecule has 0 aromatic heterocycles. The molecule has 6 rings (SSSR count). The standard InChI is InChI=1S/C37H43NP2/c1-4-5-28-38(40(3)36(32-22-14-8-15-23-32)29-37(40)33-24-16-9-17-25-33)39(2)34(30-18-10-6-11-19-30)26-27-35(39)31-20-12-7-13-21-31/h6-25,34-37H,2-5,26-29H2,1H3/t34-,35-,36-,37-/m0/s1. The molecule has 0 saturated carbocycles. The molecule has 0 unspecified atom stereocenters. The van der Waals surface area contributed by atoms with Gasteiger partial charge in [-0.25, -0.2) is 0 Å². The van der Waals surface area contributed by atoms with Crippen molar-refractivity contribution in [2.45, 2.75) is 61.7 Å². The van der Waals surface area contributed by atoms with Gasteiger partial charge in [0.1, 0.15) is 0 Å². The third kappa shape index (κ3) is 4.79. The van der Waals surface area contributed by atoms with Crippen molar-refractivity contribution in [3.8, 4) is 0 Å². The topological polar surface area (TPSA) is 3.24 Å². The summed E-state index contributed by atoms with van der Waals surface area (Å²) in [5.41, 5.74) is 7.82. The third-order valence-electron chi connectivity index (χ3n) is 9.63. The monoisotopic (exact) mass is 563 g/mol. The summed E-state index contributed by atoms with van der Waals surface area (Å²) < 4.78 is 3.06. The minimum atomic E-state index is -1.96. The highest BCUT2D eigenvalue weighted by Crippen LogP contribution is 3.00. The molecule has 2 fully saturated rings. The van der Waals surface area contributed by atoms with Crippen molar-refractivity contribution >= 4 is 14.8 Å². The number of benzene rings is 4. The molecule has 0 bridgehead atoms. The van der Waals surface area contributed by atoms with Gasteiger partial charge >= 0.3 is 0 Å². The average Bonchev–Trinajstić information content (AvgIpc) is 3.36. The summed E-state index contributed by atoms with van der Waals surface area (Å²) in [5, 5.41) is 0. The molecule has 2 heterocycles. The van der Waals surface area contributed by atoms with E-state index in [2.05, 4.69) is 133 Å². The Bertz CT molecular complexity index is 1270. The van der Waals surface area contributed by atoms with Crippen LogP contribution >= 0.6 is 14.8 Å². The minimum absolute atomic E-state index is 0.475. The number of hydrogen-bond acceptors (Lipinski definition) is 1. The van der Waals surface area contributed by atoms with E-state index in [0.29, 0.717) is 22.6 Å². The molecule has 40 heavy (non-hydrogen) atoms. The lowest BCUT2D eigenvalue weighted by Crippen LogP contribution is -2.38. The van der Waals surface area contributed by atoms with Crippen molar-refractivity contribution in [1.29, 1.82) is 0 Å². The smallest absolute Gasteiger partial charge is 0.0915 e. The van der Waals surface area contributed by atoms with Gasteiger partial charge in [0, 0.05) is 13.8 Å². The number of hydrogen-bond donors (Lipinski definition) is 0. The highest BCUT2D eigenvalue weighted by molar-refractivity contribution is 7.90. The number of rotatable bonds is 9. The Hall–Kier alpha value is -2.30. The Balaban J connectivity index is 1.54. The average molecular weight is 564 g/mol. The third-order valence-corrected chi connectivity index (χ3v) is 20.2. The van der Waals surface area contributed by atoms with E-state index in [1.54, 1.807) is 0 Å². The van der Waals surface area contributed by atoms with E-state index in [1.165, 1.54) is 54.4 Å². The summed E-state index contributed by atoms with van der Waals surface area (Å²) in [6.07, 6.45) is 5.97. The van der Waals surface area contributed by atoms with Crippen molar-refractivity contribution in [3.63, 3.8) is 0 Å². The molecule has 4 atom stereocenters. The predicted molar refractivity (Wildman–Crippen MR) is 177 cm³/mol. The maximum Gasteiger partial charge on any atom is 0.0915 e. The Morgan fingerprint density at radius 1 is 0.550 bits per heavy atom. The molecule has 0 spiro atoms. The fraction of sp³-hybridized carbons (Fsp3) is 0.297. The summed E-state index contributed by atoms with van der Waals surface area (Å²) in [6.45, 7) is 14.3. The maximum atomic E-state index is 5.47. The van der Waals surface area contributed by atoms with Gasteiger partial charge in [-0.3, -0.25) is 0 Å². The van der Waals surface area contributed by atoms with Crippen LogP contribution in [0.5, 0.6) is 0 Å². The van der Waals surface area contributed by atoms with E-state index < -0.39 is 14.8 Å². The first kappa shape index (κ1) is 27.8. The van der Waals surface area contributed by atoms with Gasteiger partial charge in [-0.05, 0) is 48.9 Å². The largest absolute Gasteiger partial charge is 0.158 e. The molecular formula is C37H43NP2. The van der Waals surface area contributed by atoms with Crippen LogP contribution in [-0.4, -0.2) is 11.0 Å². The summed E-state index contributed by atoms with van der Waals surface area (Å²) in [4.78, 5) is 0. The fourth-order valence-electron chi connectivity index (χ4n) is 7.60. The van der Waals surface area contributed by atoms with Gasteiger partial charge in [0.25, 0.3) is 0 Å². The maximum absolute atomic E-state index is 5.47. The van der Waals surface area contributed by atoms with E-state index in [0.717, 1.165) is 6.54 Å². The van der Waals surface area contributed by atoms with Gasteiger partial charge in [-0.2, -0.15) is 13.3 Å². The molecule has 3 heteroatoms. The van der Waals surface area contributed by atoms with Crippen LogP contribution in [0.2, 0.25) is 0 Å². The van der Waals surface area contributed by atoms with Crippen LogP contribution in [0, 0.1) is 13.3 Å². The van der Waals surface area contributed by atoms with Crippen molar-refractivity contribution in [2.24, 2.45) is 0 Å². The molecule has 2 saturated heterocycles. The number of nitrogens with zero attached hydrogens (tertiary/aromatic N) is 1. The zero-order chi connectivity index (χ0) is 27.6. The van der Waals surface area contributed by atoms with Crippen LogP contribution in [0.4, 0.5) is 0 Å². The van der Waals surface area contributed by atoms with Gasteiger partial charge in [0.2, 0.25) is 0 Å². The first-order valence-corrected chi connectivity index (χ1v) is 19.1. The molecule has 4 aromatic carbocycles. The van der Waals surface area contributed by atoms with E-state index in [-0.39, 0.29) is 0 Å². The second-order valence-electron chi connectivity index (χ2n) is 11.7. The van der Waals surface area contributed by atoms with E-state index in [9.17, 15) is 0 Å². The first-order valence-electron chi connectivity index (χ1n) is 15.0. The summed E-state index contributed by atoms with van der Waals surface area (Å²) in [6, 6.07) is 45.3. The van der Waals surface area contributed by atoms with Crippen LogP contribution in [0.15, 0.2) is 121 Å². The van der Waals surface area contributed by atoms with E-state index in [4.69, 9.17) is 13.3 Å². The lowest BCUT2D eigenvalue weighted by Gasteiger charge is -2.62. The zero-order valence-corrected chi connectivity index (χ0v) is 25.6. The predicted octanol–water partition coefficient (Wildman–Crippen LogP) is 11.7. The molecule has 0 aliphatic carbocycles. The molecule has 2 aliphatic heterocycles. The molecular weight excluding hydrogens is 520 g/mol. The van der Waals surface area contributed by atoms with Crippen molar-refractivity contribution in [2.75, 3.05) is 6.54 Å². The van der Waals surface area contributed by atoms with Crippen LogP contribution < -0.4 is 0 Å². The van der Waals surface area contributed by atoms with Gasteiger partial charge in [-0.15, -0.1) is 4.44 Å². The second kappa shape index (κ2) is 11.9. The molecule has 0 radical (unpaired) electrons. The summed E-state index contributed by atoms with van der Waals surface area (Å²) >= 11 is 0. The van der Waals surface area contributed by atoms with Crippen LogP contribution in [0.1, 0.15) is 83.9 Å². The van der Waals surface area contributed by atoms with Gasteiger partial charge in [0.05, 0.1) is 29.2 Å². The Morgan fingerprint density at radius 3 is 1.23 bits per heavy atom. The molecule has 206 valence electrons. The van der Waals surface area contributed by atoms with Gasteiger partial charge in [-0.1, -0.05) is 135 Å². The lowest BCUT2D eigenvalue weighted by molar-refractivity contribution is 0.545. The van der Waals surface area contributed by atoms with Crippen LogP contribution in [0.3, 0.4) is 0 Å². The van der Waals surface area contributed by atoms with E-state index >= 15 is 0 Å². The lowest BCUT2D eigenvalue weighted by atomic mass is 10.0. The summed E-state index contributed by atoms with van der Waals surface area (Å²) in [7, 11) is -3.86. The number of unbranched alkanes of at least 4 members (excludes halogenated alkanes) is 1. The van der Waals surface area contributed by atoms with Crippen molar-refractivity contribution in [3.05, 3.63) is 157 Å². The highest BCUT2D eigenvalue weighted by Gasteiger charge is 2.67. The van der Waals surface area contributed by atoms with Crippen molar-refractivity contribution < 1.29 is 0 Å². The first-order chi connectivity index (χ1) is 19.6. The van der Waals surface area contributed by atoms with Crippen molar-refractivity contribution in [1.82, 2.24) is 4.44 Å². The zero-order valence-electron chi connectivity index (χ0n) is 23.9. The van der Waals surface area contributed by atoms with Crippen LogP contribution in [0.25, 0.3) is 0 Å².